The normalized spacial score (nSPS) is 16.3. The highest BCUT2D eigenvalue weighted by Crippen LogP contribution is 2.23. The number of nitrogens with one attached hydrogen (secondary N) is 2. The van der Waals surface area contributed by atoms with Gasteiger partial charge in [-0.2, -0.15) is 0 Å². The molecule has 1 heterocycles. The minimum Gasteiger partial charge on any atom is -0.351 e. The number of rotatable bonds is 6. The van der Waals surface area contributed by atoms with Crippen molar-refractivity contribution in [3.05, 3.63) is 52.0 Å². The Kier molecular flexibility index (Phi) is 7.62. The van der Waals surface area contributed by atoms with E-state index in [4.69, 9.17) is 23.2 Å². The monoisotopic (exact) mass is 353 g/mol. The predicted octanol–water partition coefficient (Wildman–Crippen LogP) is 2.58. The molecule has 23 heavy (non-hydrogen) atoms. The van der Waals surface area contributed by atoms with Crippen LogP contribution in [-0.4, -0.2) is 50.1 Å². The zero-order chi connectivity index (χ0) is 16.5. The van der Waals surface area contributed by atoms with Crippen molar-refractivity contribution in [2.75, 3.05) is 39.3 Å². The third-order valence-corrected chi connectivity index (χ3v) is 4.27. The number of carbonyl (C=O) groups excluding carboxylic acids is 1. The molecular weight excluding hydrogens is 333 g/mol. The third-order valence-electron chi connectivity index (χ3n) is 3.53. The van der Waals surface area contributed by atoms with Gasteiger partial charge in [-0.15, -0.1) is 0 Å². The number of halogens is 2. The fourth-order valence-corrected chi connectivity index (χ4v) is 2.56. The summed E-state index contributed by atoms with van der Waals surface area (Å²) >= 11 is 11.8. The SMILES string of the molecule is O=C(/C=C/C=C/c1ccc(Cl)c(Cl)c1)NCCN1CCNCC1. The van der Waals surface area contributed by atoms with Gasteiger partial charge in [0.05, 0.1) is 10.0 Å². The quantitative estimate of drug-likeness (QED) is 0.610. The zero-order valence-corrected chi connectivity index (χ0v) is 14.4. The molecule has 0 unspecified atom stereocenters. The summed E-state index contributed by atoms with van der Waals surface area (Å²) in [5.41, 5.74) is 0.933. The van der Waals surface area contributed by atoms with Crippen molar-refractivity contribution < 1.29 is 4.79 Å². The summed E-state index contributed by atoms with van der Waals surface area (Å²) in [5.74, 6) is -0.0843. The molecule has 1 fully saturated rings. The molecule has 1 aliphatic rings. The van der Waals surface area contributed by atoms with E-state index in [1.807, 2.05) is 12.1 Å². The van der Waals surface area contributed by atoms with Crippen molar-refractivity contribution in [3.63, 3.8) is 0 Å². The van der Waals surface area contributed by atoms with Gasteiger partial charge in [-0.25, -0.2) is 0 Å². The molecule has 124 valence electrons. The Balaban J connectivity index is 1.68. The van der Waals surface area contributed by atoms with E-state index in [-0.39, 0.29) is 5.91 Å². The van der Waals surface area contributed by atoms with Crippen molar-refractivity contribution in [2.24, 2.45) is 0 Å². The second kappa shape index (κ2) is 9.73. The second-order valence-corrected chi connectivity index (χ2v) is 6.09. The summed E-state index contributed by atoms with van der Waals surface area (Å²) in [6, 6.07) is 5.39. The Labute approximate surface area is 147 Å². The Bertz CT molecular complexity index is 581. The summed E-state index contributed by atoms with van der Waals surface area (Å²) in [4.78, 5) is 14.0. The first-order valence-corrected chi connectivity index (χ1v) is 8.41. The minimum absolute atomic E-state index is 0.0843. The molecule has 1 amide bonds. The predicted molar refractivity (Wildman–Crippen MR) is 97.0 cm³/mol. The summed E-state index contributed by atoms with van der Waals surface area (Å²) in [7, 11) is 0. The summed E-state index contributed by atoms with van der Waals surface area (Å²) in [6.07, 6.45) is 6.90. The molecule has 0 spiro atoms. The fourth-order valence-electron chi connectivity index (χ4n) is 2.26. The molecule has 0 bridgehead atoms. The van der Waals surface area contributed by atoms with E-state index >= 15 is 0 Å². The van der Waals surface area contributed by atoms with Gasteiger partial charge in [0.2, 0.25) is 5.91 Å². The van der Waals surface area contributed by atoms with Gasteiger partial charge < -0.3 is 10.6 Å². The topological polar surface area (TPSA) is 44.4 Å². The van der Waals surface area contributed by atoms with Gasteiger partial charge in [-0.05, 0) is 17.7 Å². The van der Waals surface area contributed by atoms with Crippen molar-refractivity contribution in [1.82, 2.24) is 15.5 Å². The highest BCUT2D eigenvalue weighted by atomic mass is 35.5. The first kappa shape index (κ1) is 18.0. The van der Waals surface area contributed by atoms with E-state index in [2.05, 4.69) is 15.5 Å². The molecular formula is C17H21Cl2N3O. The van der Waals surface area contributed by atoms with Crippen LogP contribution in [0, 0.1) is 0 Å². The lowest BCUT2D eigenvalue weighted by Crippen LogP contribution is -2.46. The molecule has 1 saturated heterocycles. The number of piperazine rings is 1. The lowest BCUT2D eigenvalue weighted by molar-refractivity contribution is -0.116. The van der Waals surface area contributed by atoms with Crippen molar-refractivity contribution in [3.8, 4) is 0 Å². The van der Waals surface area contributed by atoms with E-state index in [0.29, 0.717) is 16.6 Å². The second-order valence-electron chi connectivity index (χ2n) is 5.27. The van der Waals surface area contributed by atoms with Crippen LogP contribution in [0.2, 0.25) is 10.0 Å². The van der Waals surface area contributed by atoms with Crippen LogP contribution in [0.25, 0.3) is 6.08 Å². The number of hydrogen-bond acceptors (Lipinski definition) is 3. The average molecular weight is 354 g/mol. The van der Waals surface area contributed by atoms with E-state index in [0.717, 1.165) is 38.3 Å². The van der Waals surface area contributed by atoms with Crippen LogP contribution >= 0.6 is 23.2 Å². The Hall–Kier alpha value is -1.33. The van der Waals surface area contributed by atoms with Gasteiger partial charge >= 0.3 is 0 Å². The lowest BCUT2D eigenvalue weighted by Gasteiger charge is -2.26. The van der Waals surface area contributed by atoms with Crippen LogP contribution in [0.4, 0.5) is 0 Å². The molecule has 0 aliphatic carbocycles. The highest BCUT2D eigenvalue weighted by Gasteiger charge is 2.08. The summed E-state index contributed by atoms with van der Waals surface area (Å²) in [5, 5.41) is 7.24. The van der Waals surface area contributed by atoms with E-state index < -0.39 is 0 Å². The Morgan fingerprint density at radius 1 is 1.22 bits per heavy atom. The number of carbonyl (C=O) groups is 1. The fraction of sp³-hybridized carbons (Fsp3) is 0.353. The van der Waals surface area contributed by atoms with Crippen LogP contribution in [0.1, 0.15) is 5.56 Å². The van der Waals surface area contributed by atoms with Gasteiger partial charge in [0.1, 0.15) is 0 Å². The van der Waals surface area contributed by atoms with E-state index in [1.165, 1.54) is 6.08 Å². The van der Waals surface area contributed by atoms with Gasteiger partial charge in [0.15, 0.2) is 0 Å². The van der Waals surface area contributed by atoms with Crippen molar-refractivity contribution in [2.45, 2.75) is 0 Å². The molecule has 1 aromatic rings. The molecule has 0 aromatic heterocycles. The molecule has 2 N–H and O–H groups in total. The van der Waals surface area contributed by atoms with Crippen LogP contribution in [0.15, 0.2) is 36.4 Å². The first-order valence-electron chi connectivity index (χ1n) is 7.66. The highest BCUT2D eigenvalue weighted by molar-refractivity contribution is 6.42. The molecule has 0 saturated carbocycles. The number of nitrogens with zero attached hydrogens (tertiary/aromatic N) is 1. The lowest BCUT2D eigenvalue weighted by atomic mass is 10.2. The van der Waals surface area contributed by atoms with Crippen molar-refractivity contribution in [1.29, 1.82) is 0 Å². The molecule has 6 heteroatoms. The maximum absolute atomic E-state index is 11.7. The van der Waals surface area contributed by atoms with Crippen LogP contribution in [-0.2, 0) is 4.79 Å². The molecule has 0 radical (unpaired) electrons. The number of allylic oxidation sites excluding steroid dienone is 2. The van der Waals surface area contributed by atoms with Crippen LogP contribution in [0.3, 0.4) is 0 Å². The van der Waals surface area contributed by atoms with Gasteiger partial charge in [0, 0.05) is 45.3 Å². The Morgan fingerprint density at radius 2 is 2.00 bits per heavy atom. The molecule has 0 atom stereocenters. The van der Waals surface area contributed by atoms with E-state index in [9.17, 15) is 4.79 Å². The zero-order valence-electron chi connectivity index (χ0n) is 12.9. The van der Waals surface area contributed by atoms with Gasteiger partial charge in [-0.1, -0.05) is 47.5 Å². The molecule has 2 rings (SSSR count). The minimum atomic E-state index is -0.0843. The third kappa shape index (κ3) is 6.75. The Morgan fingerprint density at radius 3 is 2.74 bits per heavy atom. The van der Waals surface area contributed by atoms with Gasteiger partial charge in [0.25, 0.3) is 0 Å². The van der Waals surface area contributed by atoms with Gasteiger partial charge in [-0.3, -0.25) is 9.69 Å². The average Bonchev–Trinajstić information content (AvgIpc) is 2.56. The largest absolute Gasteiger partial charge is 0.351 e. The number of amides is 1. The number of hydrogen-bond donors (Lipinski definition) is 2. The van der Waals surface area contributed by atoms with Crippen LogP contribution < -0.4 is 10.6 Å². The van der Waals surface area contributed by atoms with E-state index in [1.54, 1.807) is 24.3 Å². The number of benzene rings is 1. The molecule has 1 aliphatic heterocycles. The standard InChI is InChI=1S/C17H21Cl2N3O/c18-15-6-5-14(13-16(15)19)3-1-2-4-17(23)21-9-12-22-10-7-20-8-11-22/h1-6,13,20H,7-12H2,(H,21,23)/b3-1+,4-2+. The smallest absolute Gasteiger partial charge is 0.244 e. The maximum Gasteiger partial charge on any atom is 0.244 e. The maximum atomic E-state index is 11.7. The van der Waals surface area contributed by atoms with Crippen LogP contribution in [0.5, 0.6) is 0 Å². The molecule has 1 aromatic carbocycles. The molecule has 4 nitrogen and oxygen atoms in total. The van der Waals surface area contributed by atoms with Crippen molar-refractivity contribution >= 4 is 35.2 Å². The first-order chi connectivity index (χ1) is 11.1. The summed E-state index contributed by atoms with van der Waals surface area (Å²) < 4.78 is 0. The summed E-state index contributed by atoms with van der Waals surface area (Å²) in [6.45, 7) is 5.68.